The van der Waals surface area contributed by atoms with Gasteiger partial charge in [-0.15, -0.1) is 0 Å². The first kappa shape index (κ1) is 15.4. The van der Waals surface area contributed by atoms with Crippen LogP contribution >= 0.6 is 0 Å². The Morgan fingerprint density at radius 3 is 2.52 bits per heavy atom. The van der Waals surface area contributed by atoms with Crippen LogP contribution in [0.1, 0.15) is 40.0 Å². The Kier molecular flexibility index (Phi) is 4.51. The first-order chi connectivity index (χ1) is 9.89. The van der Waals surface area contributed by atoms with Crippen LogP contribution in [0, 0.1) is 5.41 Å². The van der Waals surface area contributed by atoms with Crippen LogP contribution in [0.25, 0.3) is 10.8 Å². The molecule has 0 spiro atoms. The van der Waals surface area contributed by atoms with Gasteiger partial charge in [-0.3, -0.25) is 4.79 Å². The smallest absolute Gasteiger partial charge is 0.311 e. The number of ether oxygens (including phenoxy) is 1. The van der Waals surface area contributed by atoms with Crippen molar-refractivity contribution in [3.63, 3.8) is 0 Å². The maximum absolute atomic E-state index is 11.9. The minimum atomic E-state index is -0.199. The van der Waals surface area contributed by atoms with Crippen molar-refractivity contribution in [2.24, 2.45) is 5.41 Å². The molecule has 3 nitrogen and oxygen atoms in total. The van der Waals surface area contributed by atoms with Crippen LogP contribution in [-0.2, 0) is 4.79 Å². The van der Waals surface area contributed by atoms with E-state index in [2.05, 4.69) is 20.8 Å². The van der Waals surface area contributed by atoms with E-state index in [0.29, 0.717) is 12.2 Å². The zero-order chi connectivity index (χ0) is 15.5. The van der Waals surface area contributed by atoms with Gasteiger partial charge in [0.25, 0.3) is 0 Å². The molecule has 0 aliphatic rings. The van der Waals surface area contributed by atoms with E-state index in [-0.39, 0.29) is 17.1 Å². The standard InChI is InChI=1S/C18H22O3/c1-4-18(2,3)10-9-17(20)21-16-8-6-13-11-15(19)7-5-14(13)12-16/h5-8,11-12,19H,4,9-10H2,1-3H3. The molecule has 0 saturated heterocycles. The highest BCUT2D eigenvalue weighted by atomic mass is 16.5. The average Bonchev–Trinajstić information content (AvgIpc) is 2.45. The molecule has 0 bridgehead atoms. The zero-order valence-electron chi connectivity index (χ0n) is 12.8. The third-order valence-electron chi connectivity index (χ3n) is 3.99. The van der Waals surface area contributed by atoms with Gasteiger partial charge in [0.1, 0.15) is 11.5 Å². The lowest BCUT2D eigenvalue weighted by atomic mass is 9.85. The Labute approximate surface area is 125 Å². The van der Waals surface area contributed by atoms with E-state index in [0.717, 1.165) is 23.6 Å². The van der Waals surface area contributed by atoms with E-state index in [1.165, 1.54) is 0 Å². The van der Waals surface area contributed by atoms with Crippen molar-refractivity contribution < 1.29 is 14.6 Å². The van der Waals surface area contributed by atoms with Gasteiger partial charge in [-0.2, -0.15) is 0 Å². The number of benzene rings is 2. The summed E-state index contributed by atoms with van der Waals surface area (Å²) in [6, 6.07) is 10.5. The van der Waals surface area contributed by atoms with Gasteiger partial charge in [-0.25, -0.2) is 0 Å². The fourth-order valence-electron chi connectivity index (χ4n) is 2.07. The Morgan fingerprint density at radius 2 is 1.81 bits per heavy atom. The van der Waals surface area contributed by atoms with Gasteiger partial charge in [0.15, 0.2) is 0 Å². The summed E-state index contributed by atoms with van der Waals surface area (Å²) in [5, 5.41) is 11.3. The van der Waals surface area contributed by atoms with Crippen molar-refractivity contribution in [3.05, 3.63) is 36.4 Å². The van der Waals surface area contributed by atoms with Crippen LogP contribution in [0.4, 0.5) is 0 Å². The van der Waals surface area contributed by atoms with E-state index in [1.54, 1.807) is 18.2 Å². The van der Waals surface area contributed by atoms with Crippen LogP contribution in [0.2, 0.25) is 0 Å². The summed E-state index contributed by atoms with van der Waals surface area (Å²) >= 11 is 0. The Hall–Kier alpha value is -2.03. The van der Waals surface area contributed by atoms with Crippen LogP contribution in [0.15, 0.2) is 36.4 Å². The molecule has 1 N–H and O–H groups in total. The van der Waals surface area contributed by atoms with E-state index >= 15 is 0 Å². The molecule has 0 unspecified atom stereocenters. The first-order valence-corrected chi connectivity index (χ1v) is 7.33. The maximum Gasteiger partial charge on any atom is 0.311 e. The molecular formula is C18H22O3. The van der Waals surface area contributed by atoms with Gasteiger partial charge in [0.2, 0.25) is 0 Å². The third-order valence-corrected chi connectivity index (χ3v) is 3.99. The molecule has 0 aliphatic heterocycles. The number of fused-ring (bicyclic) bond motifs is 1. The summed E-state index contributed by atoms with van der Waals surface area (Å²) in [4.78, 5) is 11.9. The van der Waals surface area contributed by atoms with E-state index < -0.39 is 0 Å². The SMILES string of the molecule is CCC(C)(C)CCC(=O)Oc1ccc2cc(O)ccc2c1. The summed E-state index contributed by atoms with van der Waals surface area (Å²) in [5.41, 5.74) is 0.167. The number of phenolic OH excluding ortho intramolecular Hbond substituents is 1. The van der Waals surface area contributed by atoms with Gasteiger partial charge < -0.3 is 9.84 Å². The lowest BCUT2D eigenvalue weighted by Gasteiger charge is -2.21. The summed E-state index contributed by atoms with van der Waals surface area (Å²) in [7, 11) is 0. The minimum Gasteiger partial charge on any atom is -0.508 e. The van der Waals surface area contributed by atoms with Gasteiger partial charge in [-0.05, 0) is 46.9 Å². The van der Waals surface area contributed by atoms with Crippen LogP contribution in [0.3, 0.4) is 0 Å². The maximum atomic E-state index is 11.9. The molecule has 0 aromatic heterocycles. The zero-order valence-corrected chi connectivity index (χ0v) is 12.8. The second-order valence-electron chi connectivity index (χ2n) is 6.19. The summed E-state index contributed by atoms with van der Waals surface area (Å²) in [6.07, 6.45) is 2.29. The quantitative estimate of drug-likeness (QED) is 0.642. The number of carbonyl (C=O) groups is 1. The number of hydrogen-bond donors (Lipinski definition) is 1. The molecule has 112 valence electrons. The molecule has 0 aliphatic carbocycles. The van der Waals surface area contributed by atoms with E-state index in [4.69, 9.17) is 4.74 Å². The summed E-state index contributed by atoms with van der Waals surface area (Å²) in [5.74, 6) is 0.580. The summed E-state index contributed by atoms with van der Waals surface area (Å²) in [6.45, 7) is 6.44. The largest absolute Gasteiger partial charge is 0.508 e. The van der Waals surface area contributed by atoms with Gasteiger partial charge in [0.05, 0.1) is 0 Å². The summed E-state index contributed by atoms with van der Waals surface area (Å²) < 4.78 is 5.39. The van der Waals surface area contributed by atoms with E-state index in [1.807, 2.05) is 18.2 Å². The predicted octanol–water partition coefficient (Wildman–Crippen LogP) is 4.67. The lowest BCUT2D eigenvalue weighted by molar-refractivity contribution is -0.135. The first-order valence-electron chi connectivity index (χ1n) is 7.33. The lowest BCUT2D eigenvalue weighted by Crippen LogP contribution is -2.15. The molecule has 0 fully saturated rings. The van der Waals surface area contributed by atoms with Crippen molar-refractivity contribution in [2.75, 3.05) is 0 Å². The Balaban J connectivity index is 2.03. The molecule has 2 aromatic carbocycles. The molecule has 0 radical (unpaired) electrons. The van der Waals surface area contributed by atoms with Crippen molar-refractivity contribution in [1.29, 1.82) is 0 Å². The third kappa shape index (κ3) is 4.22. The Bertz CT molecular complexity index is 644. The second kappa shape index (κ2) is 6.17. The molecule has 2 rings (SSSR count). The number of rotatable bonds is 5. The average molecular weight is 286 g/mol. The minimum absolute atomic E-state index is 0.167. The number of hydrogen-bond acceptors (Lipinski definition) is 3. The topological polar surface area (TPSA) is 46.5 Å². The van der Waals surface area contributed by atoms with Crippen LogP contribution in [-0.4, -0.2) is 11.1 Å². The molecule has 0 saturated carbocycles. The normalized spacial score (nSPS) is 11.6. The number of esters is 1. The number of carbonyl (C=O) groups excluding carboxylic acids is 1. The number of phenols is 1. The highest BCUT2D eigenvalue weighted by Gasteiger charge is 2.17. The highest BCUT2D eigenvalue weighted by molar-refractivity contribution is 5.86. The molecule has 0 atom stereocenters. The fourth-order valence-corrected chi connectivity index (χ4v) is 2.07. The molecule has 21 heavy (non-hydrogen) atoms. The van der Waals surface area contributed by atoms with Gasteiger partial charge in [0, 0.05) is 6.42 Å². The second-order valence-corrected chi connectivity index (χ2v) is 6.19. The molecule has 0 amide bonds. The van der Waals surface area contributed by atoms with Gasteiger partial charge >= 0.3 is 5.97 Å². The molecular weight excluding hydrogens is 264 g/mol. The van der Waals surface area contributed by atoms with Crippen molar-refractivity contribution in [2.45, 2.75) is 40.0 Å². The predicted molar refractivity (Wildman–Crippen MR) is 84.6 cm³/mol. The fraction of sp³-hybridized carbons (Fsp3) is 0.389. The van der Waals surface area contributed by atoms with Crippen molar-refractivity contribution >= 4 is 16.7 Å². The van der Waals surface area contributed by atoms with Crippen LogP contribution in [0.5, 0.6) is 11.5 Å². The number of aromatic hydroxyl groups is 1. The monoisotopic (exact) mass is 286 g/mol. The highest BCUT2D eigenvalue weighted by Crippen LogP contribution is 2.27. The van der Waals surface area contributed by atoms with E-state index in [9.17, 15) is 9.90 Å². The van der Waals surface area contributed by atoms with Crippen LogP contribution < -0.4 is 4.74 Å². The molecule has 3 heteroatoms. The molecule has 2 aromatic rings. The van der Waals surface area contributed by atoms with Gasteiger partial charge in [-0.1, -0.05) is 39.3 Å². The van der Waals surface area contributed by atoms with Crippen molar-refractivity contribution in [3.8, 4) is 11.5 Å². The molecule has 0 heterocycles. The Morgan fingerprint density at radius 1 is 1.14 bits per heavy atom. The van der Waals surface area contributed by atoms with Crippen molar-refractivity contribution in [1.82, 2.24) is 0 Å².